The fourth-order valence-electron chi connectivity index (χ4n) is 2.41. The molecule has 1 saturated heterocycles. The molecule has 2 amide bonds. The molecule has 1 aromatic rings. The molecule has 2 heterocycles. The summed E-state index contributed by atoms with van der Waals surface area (Å²) >= 11 is 0.862. The first-order chi connectivity index (χ1) is 12.8. The molecule has 1 aliphatic heterocycles. The summed E-state index contributed by atoms with van der Waals surface area (Å²) < 4.78 is 30.3. The van der Waals surface area contributed by atoms with Crippen molar-refractivity contribution in [1.29, 1.82) is 5.26 Å². The van der Waals surface area contributed by atoms with Gasteiger partial charge in [0.05, 0.1) is 23.8 Å². The van der Waals surface area contributed by atoms with E-state index in [0.717, 1.165) is 35.2 Å². The minimum atomic E-state index is -3.48. The van der Waals surface area contributed by atoms with Crippen LogP contribution in [0.2, 0.25) is 0 Å². The Hall–Kier alpha value is -2.09. The molecule has 146 valence electrons. The lowest BCUT2D eigenvalue weighted by molar-refractivity contribution is -0.122. The normalized spacial score (nSPS) is 16.5. The Morgan fingerprint density at radius 2 is 2.11 bits per heavy atom. The molecule has 1 aliphatic rings. The van der Waals surface area contributed by atoms with E-state index >= 15 is 0 Å². The number of thioether (sulfide) groups is 1. The maximum absolute atomic E-state index is 12.3. The summed E-state index contributed by atoms with van der Waals surface area (Å²) in [7, 11) is -3.48. The highest BCUT2D eigenvalue weighted by atomic mass is 32.2. The number of furan rings is 1. The average molecular weight is 412 g/mol. The van der Waals surface area contributed by atoms with Gasteiger partial charge < -0.3 is 4.42 Å². The Kier molecular flexibility index (Phi) is 7.24. The lowest BCUT2D eigenvalue weighted by Crippen LogP contribution is -2.30. The third kappa shape index (κ3) is 5.69. The number of nitrogens with zero attached hydrogens (tertiary/aromatic N) is 3. The fraction of sp³-hybridized carbons (Fsp3) is 0.471. The van der Waals surface area contributed by atoms with Gasteiger partial charge in [0, 0.05) is 25.6 Å². The third-order valence-electron chi connectivity index (χ3n) is 3.84. The molecule has 0 N–H and O–H groups in total. The molecular formula is C17H21N3O5S2. The highest BCUT2D eigenvalue weighted by Crippen LogP contribution is 2.32. The van der Waals surface area contributed by atoms with E-state index in [0.29, 0.717) is 18.1 Å². The average Bonchev–Trinajstić information content (AvgIpc) is 3.14. The minimum absolute atomic E-state index is 0.00761. The van der Waals surface area contributed by atoms with Crippen molar-refractivity contribution in [2.24, 2.45) is 0 Å². The number of imide groups is 1. The fourth-order valence-corrected chi connectivity index (χ4v) is 4.04. The molecule has 0 atom stereocenters. The first-order valence-electron chi connectivity index (χ1n) is 8.42. The number of unbranched alkanes of at least 4 members (excludes halogenated alkanes) is 1. The van der Waals surface area contributed by atoms with Gasteiger partial charge in [-0.1, -0.05) is 13.3 Å². The van der Waals surface area contributed by atoms with Gasteiger partial charge in [-0.25, -0.2) is 8.42 Å². The molecular weight excluding hydrogens is 390 g/mol. The maximum Gasteiger partial charge on any atom is 0.293 e. The molecule has 0 unspecified atom stereocenters. The van der Waals surface area contributed by atoms with Gasteiger partial charge in [-0.3, -0.25) is 14.5 Å². The van der Waals surface area contributed by atoms with Gasteiger partial charge >= 0.3 is 0 Å². The zero-order valence-electron chi connectivity index (χ0n) is 15.2. The number of hydrogen-bond donors (Lipinski definition) is 0. The number of nitriles is 1. The van der Waals surface area contributed by atoms with Gasteiger partial charge in [0.15, 0.2) is 0 Å². The van der Waals surface area contributed by atoms with Crippen LogP contribution in [0.1, 0.15) is 37.7 Å². The van der Waals surface area contributed by atoms with Crippen LogP contribution < -0.4 is 0 Å². The maximum atomic E-state index is 12.3. The van der Waals surface area contributed by atoms with E-state index < -0.39 is 10.0 Å². The standard InChI is InChI=1S/C17H21N3O5S2/c1-3-4-10-20-16(21)15(26-17(20)22)11-13-6-7-14(25-13)12-19(9-5-8-18)27(2,23)24/h6-7,11H,3-5,9-10,12H2,1-2H3/b15-11-. The van der Waals surface area contributed by atoms with Gasteiger partial charge in [0.2, 0.25) is 10.0 Å². The largest absolute Gasteiger partial charge is 0.460 e. The first kappa shape index (κ1) is 21.2. The van der Waals surface area contributed by atoms with E-state index in [1.54, 1.807) is 12.1 Å². The molecule has 2 rings (SSSR count). The van der Waals surface area contributed by atoms with Crippen LogP contribution in [0.4, 0.5) is 4.79 Å². The molecule has 0 bridgehead atoms. The Morgan fingerprint density at radius 3 is 2.74 bits per heavy atom. The van der Waals surface area contributed by atoms with Gasteiger partial charge in [-0.2, -0.15) is 9.57 Å². The summed E-state index contributed by atoms with van der Waals surface area (Å²) in [5.41, 5.74) is 0. The lowest BCUT2D eigenvalue weighted by atomic mass is 10.3. The Balaban J connectivity index is 2.11. The van der Waals surface area contributed by atoms with Crippen molar-refractivity contribution >= 4 is 39.0 Å². The molecule has 0 aromatic carbocycles. The predicted octanol–water partition coefficient (Wildman–Crippen LogP) is 2.79. The molecule has 1 aromatic heterocycles. The van der Waals surface area contributed by atoms with Crippen molar-refractivity contribution in [3.8, 4) is 6.07 Å². The molecule has 0 spiro atoms. The van der Waals surface area contributed by atoms with E-state index in [9.17, 15) is 18.0 Å². The second-order valence-electron chi connectivity index (χ2n) is 6.00. The van der Waals surface area contributed by atoms with E-state index in [1.165, 1.54) is 11.0 Å². The van der Waals surface area contributed by atoms with E-state index in [2.05, 4.69) is 0 Å². The van der Waals surface area contributed by atoms with Crippen molar-refractivity contribution in [2.45, 2.75) is 32.7 Å². The summed E-state index contributed by atoms with van der Waals surface area (Å²) in [5.74, 6) is 0.401. The smallest absolute Gasteiger partial charge is 0.293 e. The van der Waals surface area contributed by atoms with Gasteiger partial charge in [-0.05, 0) is 30.3 Å². The number of sulfonamides is 1. The van der Waals surface area contributed by atoms with Crippen LogP contribution >= 0.6 is 11.8 Å². The molecule has 0 radical (unpaired) electrons. The van der Waals surface area contributed by atoms with Crippen molar-refractivity contribution in [3.05, 3.63) is 28.6 Å². The van der Waals surface area contributed by atoms with Gasteiger partial charge in [0.25, 0.3) is 11.1 Å². The summed E-state index contributed by atoms with van der Waals surface area (Å²) in [6.45, 7) is 2.44. The zero-order valence-corrected chi connectivity index (χ0v) is 16.8. The van der Waals surface area contributed by atoms with Crippen LogP contribution in [-0.4, -0.2) is 48.1 Å². The van der Waals surface area contributed by atoms with Gasteiger partial charge in [0.1, 0.15) is 11.5 Å². The quantitative estimate of drug-likeness (QED) is 0.574. The van der Waals surface area contributed by atoms with Crippen LogP contribution in [0.15, 0.2) is 21.5 Å². The predicted molar refractivity (Wildman–Crippen MR) is 102 cm³/mol. The Labute approximate surface area is 162 Å². The SMILES string of the molecule is CCCCN1C(=O)S/C(=C\c2ccc(CN(CCC#N)S(C)(=O)=O)o2)C1=O. The summed E-state index contributed by atoms with van der Waals surface area (Å²) in [5, 5.41) is 8.36. The van der Waals surface area contributed by atoms with E-state index in [4.69, 9.17) is 9.68 Å². The Bertz CT molecular complexity index is 883. The number of carbonyl (C=O) groups excluding carboxylic acids is 2. The summed E-state index contributed by atoms with van der Waals surface area (Å²) in [6, 6.07) is 5.13. The molecule has 10 heteroatoms. The van der Waals surface area contributed by atoms with Crippen LogP contribution in [0, 0.1) is 11.3 Å². The van der Waals surface area contributed by atoms with Crippen LogP contribution in [0.5, 0.6) is 0 Å². The van der Waals surface area contributed by atoms with Crippen LogP contribution in [0.3, 0.4) is 0 Å². The second kappa shape index (κ2) is 9.21. The van der Waals surface area contributed by atoms with Crippen LogP contribution in [-0.2, 0) is 21.4 Å². The third-order valence-corrected chi connectivity index (χ3v) is 6.00. The number of rotatable bonds is 9. The molecule has 27 heavy (non-hydrogen) atoms. The van der Waals surface area contributed by atoms with Gasteiger partial charge in [-0.15, -0.1) is 0 Å². The highest BCUT2D eigenvalue weighted by Gasteiger charge is 2.34. The van der Waals surface area contributed by atoms with Crippen molar-refractivity contribution < 1.29 is 22.4 Å². The molecule has 1 fully saturated rings. The minimum Gasteiger partial charge on any atom is -0.460 e. The first-order valence-corrected chi connectivity index (χ1v) is 11.1. The number of amides is 2. The topological polar surface area (TPSA) is 112 Å². The molecule has 0 aliphatic carbocycles. The number of hydrogen-bond acceptors (Lipinski definition) is 7. The van der Waals surface area contributed by atoms with Crippen molar-refractivity contribution in [1.82, 2.24) is 9.21 Å². The van der Waals surface area contributed by atoms with Crippen molar-refractivity contribution in [2.75, 3.05) is 19.3 Å². The monoisotopic (exact) mass is 411 g/mol. The van der Waals surface area contributed by atoms with E-state index in [-0.39, 0.29) is 35.6 Å². The van der Waals surface area contributed by atoms with Crippen molar-refractivity contribution in [3.63, 3.8) is 0 Å². The molecule has 0 saturated carbocycles. The summed E-state index contributed by atoms with van der Waals surface area (Å²) in [4.78, 5) is 25.8. The molecule has 8 nitrogen and oxygen atoms in total. The second-order valence-corrected chi connectivity index (χ2v) is 8.97. The highest BCUT2D eigenvalue weighted by molar-refractivity contribution is 8.18. The summed E-state index contributed by atoms with van der Waals surface area (Å²) in [6.07, 6.45) is 4.26. The Morgan fingerprint density at radius 1 is 1.37 bits per heavy atom. The number of carbonyl (C=O) groups is 2. The zero-order chi connectivity index (χ0) is 20.0. The van der Waals surface area contributed by atoms with E-state index in [1.807, 2.05) is 13.0 Å². The lowest BCUT2D eigenvalue weighted by Gasteiger charge is -2.16. The van der Waals surface area contributed by atoms with Crippen LogP contribution in [0.25, 0.3) is 6.08 Å².